The number of benzene rings is 2. The Labute approximate surface area is 132 Å². The molecule has 0 saturated carbocycles. The van der Waals surface area contributed by atoms with Gasteiger partial charge in [-0.05, 0) is 54.2 Å². The van der Waals surface area contributed by atoms with Gasteiger partial charge in [0.05, 0.1) is 5.69 Å². The van der Waals surface area contributed by atoms with E-state index in [-0.39, 0.29) is 6.04 Å². The lowest BCUT2D eigenvalue weighted by molar-refractivity contribution is 0.580. The van der Waals surface area contributed by atoms with E-state index in [9.17, 15) is 8.78 Å². The van der Waals surface area contributed by atoms with Crippen LogP contribution < -0.4 is 5.32 Å². The van der Waals surface area contributed by atoms with Crippen LogP contribution in [0.2, 0.25) is 0 Å². The smallest absolute Gasteiger partial charge is 0.150 e. The van der Waals surface area contributed by atoms with E-state index >= 15 is 0 Å². The van der Waals surface area contributed by atoms with Gasteiger partial charge in [-0.25, -0.2) is 8.78 Å². The zero-order chi connectivity index (χ0) is 15.4. The number of rotatable bonds is 5. The predicted octanol–water partition coefficient (Wildman–Crippen LogP) is 5.47. The van der Waals surface area contributed by atoms with E-state index < -0.39 is 11.6 Å². The third-order valence-corrected chi connectivity index (χ3v) is 3.97. The molecule has 2 aromatic carbocycles. The van der Waals surface area contributed by atoms with Crippen LogP contribution in [0.4, 0.5) is 14.5 Å². The third-order valence-electron chi connectivity index (χ3n) is 3.35. The molecule has 21 heavy (non-hydrogen) atoms. The van der Waals surface area contributed by atoms with Crippen molar-refractivity contribution in [3.05, 3.63) is 63.6 Å². The Balaban J connectivity index is 1.97. The minimum absolute atomic E-state index is 0.0850. The van der Waals surface area contributed by atoms with E-state index in [1.54, 1.807) is 0 Å². The first-order valence-corrected chi connectivity index (χ1v) is 7.71. The summed E-state index contributed by atoms with van der Waals surface area (Å²) in [4.78, 5) is 0. The van der Waals surface area contributed by atoms with Crippen LogP contribution in [-0.2, 0) is 6.42 Å². The molecule has 0 spiro atoms. The molecule has 4 heteroatoms. The second kappa shape index (κ2) is 7.03. The molecule has 1 atom stereocenters. The molecule has 112 valence electrons. The van der Waals surface area contributed by atoms with Gasteiger partial charge in [-0.15, -0.1) is 0 Å². The highest BCUT2D eigenvalue weighted by atomic mass is 79.9. The van der Waals surface area contributed by atoms with Crippen LogP contribution in [0.1, 0.15) is 24.5 Å². The molecule has 2 rings (SSSR count). The van der Waals surface area contributed by atoms with Gasteiger partial charge in [0.1, 0.15) is 11.6 Å². The molecule has 0 amide bonds. The van der Waals surface area contributed by atoms with Gasteiger partial charge in [0.2, 0.25) is 0 Å². The molecule has 0 aliphatic heterocycles. The fourth-order valence-corrected chi connectivity index (χ4v) is 2.77. The summed E-state index contributed by atoms with van der Waals surface area (Å²) in [6.45, 7) is 4.06. The molecular formula is C17H18BrF2N. The lowest BCUT2D eigenvalue weighted by atomic mass is 10.0. The Bertz CT molecular complexity index is 605. The largest absolute Gasteiger partial charge is 0.379 e. The topological polar surface area (TPSA) is 12.0 Å². The Morgan fingerprint density at radius 2 is 1.95 bits per heavy atom. The van der Waals surface area contributed by atoms with Crippen molar-refractivity contribution in [2.24, 2.45) is 0 Å². The van der Waals surface area contributed by atoms with E-state index in [0.717, 1.165) is 18.9 Å². The molecular weight excluding hydrogens is 336 g/mol. The maximum absolute atomic E-state index is 13.8. The second-order valence-corrected chi connectivity index (χ2v) is 6.17. The SMILES string of the molecule is Cc1cccc(CCC(C)Nc2c(F)cc(F)cc2Br)c1. The third kappa shape index (κ3) is 4.53. The van der Waals surface area contributed by atoms with Gasteiger partial charge in [0, 0.05) is 16.6 Å². The van der Waals surface area contributed by atoms with Crippen molar-refractivity contribution in [3.8, 4) is 0 Å². The Morgan fingerprint density at radius 1 is 1.19 bits per heavy atom. The van der Waals surface area contributed by atoms with Crippen LogP contribution in [0, 0.1) is 18.6 Å². The summed E-state index contributed by atoms with van der Waals surface area (Å²) in [5, 5.41) is 3.10. The monoisotopic (exact) mass is 353 g/mol. The highest BCUT2D eigenvalue weighted by Crippen LogP contribution is 2.28. The Kier molecular flexibility index (Phi) is 5.34. The minimum Gasteiger partial charge on any atom is -0.379 e. The maximum Gasteiger partial charge on any atom is 0.150 e. The molecule has 0 bridgehead atoms. The standard InChI is InChI=1S/C17H18BrF2N/c1-11-4-3-5-13(8-11)7-6-12(2)21-17-15(18)9-14(19)10-16(17)20/h3-5,8-10,12,21H,6-7H2,1-2H3. The summed E-state index contributed by atoms with van der Waals surface area (Å²) in [5.74, 6) is -1.17. The van der Waals surface area contributed by atoms with Crippen molar-refractivity contribution in [2.45, 2.75) is 32.7 Å². The van der Waals surface area contributed by atoms with E-state index in [2.05, 4.69) is 46.4 Å². The van der Waals surface area contributed by atoms with Gasteiger partial charge in [0.15, 0.2) is 0 Å². The van der Waals surface area contributed by atoms with Gasteiger partial charge in [-0.2, -0.15) is 0 Å². The van der Waals surface area contributed by atoms with Crippen LogP contribution >= 0.6 is 15.9 Å². The molecule has 2 aromatic rings. The van der Waals surface area contributed by atoms with Crippen molar-refractivity contribution < 1.29 is 8.78 Å². The van der Waals surface area contributed by atoms with Gasteiger partial charge >= 0.3 is 0 Å². The molecule has 0 aliphatic rings. The zero-order valence-corrected chi connectivity index (χ0v) is 13.7. The van der Waals surface area contributed by atoms with Crippen molar-refractivity contribution in [2.75, 3.05) is 5.32 Å². The Hall–Kier alpha value is -1.42. The first kappa shape index (κ1) is 16.0. The van der Waals surface area contributed by atoms with Gasteiger partial charge < -0.3 is 5.32 Å². The Morgan fingerprint density at radius 3 is 2.62 bits per heavy atom. The minimum atomic E-state index is -0.586. The van der Waals surface area contributed by atoms with Crippen molar-refractivity contribution in [1.82, 2.24) is 0 Å². The van der Waals surface area contributed by atoms with Crippen LogP contribution in [0.25, 0.3) is 0 Å². The molecule has 1 nitrogen and oxygen atoms in total. The summed E-state index contributed by atoms with van der Waals surface area (Å²) in [6.07, 6.45) is 1.78. The summed E-state index contributed by atoms with van der Waals surface area (Å²) in [7, 11) is 0. The average molecular weight is 354 g/mol. The average Bonchev–Trinajstić information content (AvgIpc) is 2.40. The van der Waals surface area contributed by atoms with Crippen LogP contribution in [0.5, 0.6) is 0 Å². The van der Waals surface area contributed by atoms with Gasteiger partial charge in [0.25, 0.3) is 0 Å². The molecule has 0 aromatic heterocycles. The number of hydrogen-bond donors (Lipinski definition) is 1. The first-order valence-electron chi connectivity index (χ1n) is 6.92. The lowest BCUT2D eigenvalue weighted by Gasteiger charge is -2.17. The fraction of sp³-hybridized carbons (Fsp3) is 0.294. The van der Waals surface area contributed by atoms with Crippen LogP contribution in [0.15, 0.2) is 40.9 Å². The highest BCUT2D eigenvalue weighted by molar-refractivity contribution is 9.10. The van der Waals surface area contributed by atoms with Crippen molar-refractivity contribution in [3.63, 3.8) is 0 Å². The molecule has 0 aliphatic carbocycles. The predicted molar refractivity (Wildman–Crippen MR) is 86.6 cm³/mol. The van der Waals surface area contributed by atoms with E-state index in [1.165, 1.54) is 17.2 Å². The lowest BCUT2D eigenvalue weighted by Crippen LogP contribution is -2.17. The molecule has 1 N–H and O–H groups in total. The van der Waals surface area contributed by atoms with Crippen LogP contribution in [0.3, 0.4) is 0 Å². The van der Waals surface area contributed by atoms with Crippen LogP contribution in [-0.4, -0.2) is 6.04 Å². The van der Waals surface area contributed by atoms with E-state index in [0.29, 0.717) is 10.2 Å². The van der Waals surface area contributed by atoms with Crippen molar-refractivity contribution in [1.29, 1.82) is 0 Å². The summed E-state index contributed by atoms with van der Waals surface area (Å²) >= 11 is 3.19. The number of halogens is 3. The molecule has 0 radical (unpaired) electrons. The van der Waals surface area contributed by atoms with E-state index in [4.69, 9.17) is 0 Å². The zero-order valence-electron chi connectivity index (χ0n) is 12.1. The maximum atomic E-state index is 13.8. The number of hydrogen-bond acceptors (Lipinski definition) is 1. The number of anilines is 1. The molecule has 0 fully saturated rings. The summed E-state index contributed by atoms with van der Waals surface area (Å²) in [6, 6.07) is 10.6. The number of aryl methyl sites for hydroxylation is 2. The summed E-state index contributed by atoms with van der Waals surface area (Å²) < 4.78 is 27.2. The highest BCUT2D eigenvalue weighted by Gasteiger charge is 2.12. The molecule has 0 heterocycles. The molecule has 1 unspecified atom stereocenters. The molecule has 0 saturated heterocycles. The van der Waals surface area contributed by atoms with Gasteiger partial charge in [-0.1, -0.05) is 29.8 Å². The van der Waals surface area contributed by atoms with Gasteiger partial charge in [-0.3, -0.25) is 0 Å². The normalized spacial score (nSPS) is 12.2. The van der Waals surface area contributed by atoms with Crippen molar-refractivity contribution >= 4 is 21.6 Å². The summed E-state index contributed by atoms with van der Waals surface area (Å²) in [5.41, 5.74) is 2.82. The number of nitrogens with one attached hydrogen (secondary N) is 1. The van der Waals surface area contributed by atoms with E-state index in [1.807, 2.05) is 13.0 Å². The first-order chi connectivity index (χ1) is 9.95. The fourth-order valence-electron chi connectivity index (χ4n) is 2.25. The quantitative estimate of drug-likeness (QED) is 0.751. The second-order valence-electron chi connectivity index (χ2n) is 5.32.